The second-order valence-electron chi connectivity index (χ2n) is 4.65. The molecule has 22 heavy (non-hydrogen) atoms. The normalized spacial score (nSPS) is 12.4. The van der Waals surface area contributed by atoms with Crippen molar-refractivity contribution in [3.8, 4) is 0 Å². The zero-order valence-electron chi connectivity index (χ0n) is 13.3. The topological polar surface area (TPSA) is 34.4 Å². The maximum absolute atomic E-state index is 12.5. The van der Waals surface area contributed by atoms with Crippen LogP contribution in [0.1, 0.15) is 34.3 Å². The number of carbonyl (C=O) groups excluding carboxylic acids is 1. The molecule has 0 aromatic heterocycles. The van der Waals surface area contributed by atoms with E-state index in [2.05, 4.69) is 12.2 Å². The number of amides is 1. The van der Waals surface area contributed by atoms with E-state index < -0.39 is 0 Å². The number of unbranched alkanes of at least 4 members (excludes halogenated alkanes) is 1. The standard InChI is InChI=1S/C16H19N2O.Rb.W.Y/c1-13-7-8-14-6-5-11-18(10-4-3-9-17-2)16(19)15(14)12-13;;;/h5-8,10,12H,1,3-4,9,11H2,2H3;;;/q-3;+1;;. The average Bonchev–Trinajstić information content (AvgIpc) is 2.56. The van der Waals surface area contributed by atoms with Crippen LogP contribution in [0.25, 0.3) is 11.4 Å². The van der Waals surface area contributed by atoms with Gasteiger partial charge >= 0.3 is 58.2 Å². The number of carbonyl (C=O) groups is 1. The molecule has 0 atom stereocenters. The molecule has 1 aliphatic heterocycles. The molecular formula is C16H19N2ORbWY-2. The van der Waals surface area contributed by atoms with Crippen LogP contribution in [0.4, 0.5) is 0 Å². The Morgan fingerprint density at radius 1 is 1.41 bits per heavy atom. The third kappa shape index (κ3) is 7.83. The van der Waals surface area contributed by atoms with E-state index in [0.29, 0.717) is 6.54 Å². The van der Waals surface area contributed by atoms with Crippen LogP contribution >= 0.6 is 0 Å². The summed E-state index contributed by atoms with van der Waals surface area (Å²) in [6.07, 6.45) is 5.87. The fourth-order valence-corrected chi connectivity index (χ4v) is 2.12. The summed E-state index contributed by atoms with van der Waals surface area (Å²) >= 11 is 0. The molecule has 1 aromatic rings. The maximum atomic E-state index is 12.5. The Hall–Kier alpha value is 1.86. The van der Waals surface area contributed by atoms with Crippen LogP contribution in [-0.2, 0) is 53.8 Å². The van der Waals surface area contributed by atoms with Gasteiger partial charge in [-0.2, -0.15) is 44.6 Å². The molecule has 0 saturated carbocycles. The molecule has 0 saturated heterocycles. The molecule has 1 radical (unpaired) electrons. The maximum Gasteiger partial charge on any atom is 1.00 e. The van der Waals surface area contributed by atoms with Gasteiger partial charge in [0.05, 0.1) is 0 Å². The van der Waals surface area contributed by atoms with E-state index in [-0.39, 0.29) is 118 Å². The van der Waals surface area contributed by atoms with E-state index in [0.717, 1.165) is 36.1 Å². The van der Waals surface area contributed by atoms with Crippen molar-refractivity contribution in [3.05, 3.63) is 59.8 Å². The molecule has 0 fully saturated rings. The molecule has 0 spiro atoms. The molecule has 111 valence electrons. The average molecular weight is 614 g/mol. The monoisotopic (exact) mass is 613 g/mol. The van der Waals surface area contributed by atoms with Crippen LogP contribution in [0.15, 0.2) is 24.3 Å². The van der Waals surface area contributed by atoms with Gasteiger partial charge in [0.2, 0.25) is 5.91 Å². The van der Waals surface area contributed by atoms with Crippen molar-refractivity contribution in [1.82, 2.24) is 4.90 Å². The molecule has 1 heterocycles. The van der Waals surface area contributed by atoms with Gasteiger partial charge in [-0.05, 0) is 11.1 Å². The molecule has 3 nitrogen and oxygen atoms in total. The Morgan fingerprint density at radius 3 is 2.82 bits per heavy atom. The molecule has 0 bridgehead atoms. The van der Waals surface area contributed by atoms with Crippen molar-refractivity contribution in [1.29, 1.82) is 0 Å². The van der Waals surface area contributed by atoms with Gasteiger partial charge in [-0.3, -0.25) is 4.79 Å². The third-order valence-electron chi connectivity index (χ3n) is 3.14. The third-order valence-corrected chi connectivity index (χ3v) is 3.14. The Balaban J connectivity index is 0. The van der Waals surface area contributed by atoms with Crippen molar-refractivity contribution in [3.63, 3.8) is 0 Å². The predicted octanol–water partition coefficient (Wildman–Crippen LogP) is 0.282. The minimum Gasteiger partial charge on any atom is -0.665 e. The first kappa shape index (κ1) is 26.1. The fraction of sp³-hybridized carbons (Fsp3) is 0.312. The number of hydrogen-bond donors (Lipinski definition) is 0. The molecule has 1 amide bonds. The van der Waals surface area contributed by atoms with E-state index in [1.54, 1.807) is 4.90 Å². The number of hydrogen-bond acceptors (Lipinski definition) is 1. The number of rotatable bonds is 5. The van der Waals surface area contributed by atoms with Crippen LogP contribution in [0.3, 0.4) is 0 Å². The molecule has 0 aliphatic carbocycles. The van der Waals surface area contributed by atoms with Gasteiger partial charge in [0, 0.05) is 60.3 Å². The second kappa shape index (κ2) is 14.1. The Bertz CT molecular complexity index is 497. The van der Waals surface area contributed by atoms with E-state index in [1.807, 2.05) is 43.9 Å². The molecule has 6 heteroatoms. The Kier molecular flexibility index (Phi) is 16.7. The first-order valence-electron chi connectivity index (χ1n) is 6.55. The second-order valence-corrected chi connectivity index (χ2v) is 4.65. The van der Waals surface area contributed by atoms with Gasteiger partial charge in [0.1, 0.15) is 0 Å². The van der Waals surface area contributed by atoms with Crippen molar-refractivity contribution in [2.75, 3.05) is 20.1 Å². The zero-order valence-corrected chi connectivity index (χ0v) is 24.0. The van der Waals surface area contributed by atoms with Crippen LogP contribution < -0.4 is 58.2 Å². The van der Waals surface area contributed by atoms with Gasteiger partial charge in [-0.25, -0.2) is 6.54 Å². The van der Waals surface area contributed by atoms with Crippen molar-refractivity contribution in [2.45, 2.75) is 12.8 Å². The van der Waals surface area contributed by atoms with Crippen LogP contribution in [0.2, 0.25) is 0 Å². The van der Waals surface area contributed by atoms with Gasteiger partial charge < -0.3 is 10.2 Å². The summed E-state index contributed by atoms with van der Waals surface area (Å²) in [7, 11) is 1.81. The van der Waals surface area contributed by atoms with Crippen molar-refractivity contribution < 1.29 is 117 Å². The molecule has 1 aromatic carbocycles. The molecule has 0 N–H and O–H groups in total. The van der Waals surface area contributed by atoms with Crippen LogP contribution in [0.5, 0.6) is 0 Å². The summed E-state index contributed by atoms with van der Waals surface area (Å²) in [6, 6.07) is 5.74. The Morgan fingerprint density at radius 2 is 2.14 bits per heavy atom. The number of benzene rings is 1. The smallest absolute Gasteiger partial charge is 0.665 e. The largest absolute Gasteiger partial charge is 1.00 e. The number of fused-ring (bicyclic) bond motifs is 1. The minimum atomic E-state index is 0. The van der Waals surface area contributed by atoms with Crippen LogP contribution in [0, 0.1) is 13.5 Å². The summed E-state index contributed by atoms with van der Waals surface area (Å²) in [5.41, 5.74) is 2.57. The quantitative estimate of drug-likeness (QED) is 0.348. The van der Waals surface area contributed by atoms with E-state index in [4.69, 9.17) is 0 Å². The van der Waals surface area contributed by atoms with Gasteiger partial charge in [-0.15, -0.1) is 6.07 Å². The summed E-state index contributed by atoms with van der Waals surface area (Å²) in [4.78, 5) is 14.2. The van der Waals surface area contributed by atoms with Crippen molar-refractivity contribution in [2.24, 2.45) is 0 Å². The minimum absolute atomic E-state index is 0. The zero-order chi connectivity index (χ0) is 13.7. The predicted molar refractivity (Wildman–Crippen MR) is 78.7 cm³/mol. The SMILES string of the molecule is [CH2-]c1ccc2c(c1)C(=O)N([CH-]CCC[N-]C)CC=C2.[Rb+].[W].[Y]. The molecular weight excluding hydrogens is 594 g/mol. The fourth-order valence-electron chi connectivity index (χ4n) is 2.12. The van der Waals surface area contributed by atoms with Gasteiger partial charge in [0.15, 0.2) is 0 Å². The Labute approximate surface area is 222 Å². The first-order valence-corrected chi connectivity index (χ1v) is 6.55. The van der Waals surface area contributed by atoms with Crippen LogP contribution in [-0.4, -0.2) is 30.9 Å². The van der Waals surface area contributed by atoms with E-state index in [1.165, 1.54) is 0 Å². The summed E-state index contributed by atoms with van der Waals surface area (Å²) in [5.74, 6) is 0.0546. The van der Waals surface area contributed by atoms with Gasteiger partial charge in [0.25, 0.3) is 0 Å². The summed E-state index contributed by atoms with van der Waals surface area (Å²) < 4.78 is 0. The van der Waals surface area contributed by atoms with Crippen molar-refractivity contribution >= 4 is 12.0 Å². The number of nitrogens with zero attached hydrogens (tertiary/aromatic N) is 2. The summed E-state index contributed by atoms with van der Waals surface area (Å²) in [5, 5.41) is 4.06. The molecule has 2 rings (SSSR count). The van der Waals surface area contributed by atoms with E-state index >= 15 is 0 Å². The summed E-state index contributed by atoms with van der Waals surface area (Å²) in [6.45, 7) is 7.33. The first-order chi connectivity index (χ1) is 9.22. The van der Waals surface area contributed by atoms with Gasteiger partial charge in [-0.1, -0.05) is 18.6 Å². The molecule has 1 aliphatic rings. The van der Waals surface area contributed by atoms with E-state index in [9.17, 15) is 4.79 Å². The molecule has 0 unspecified atom stereocenters.